The molecule has 0 aliphatic carbocycles. The lowest BCUT2D eigenvalue weighted by molar-refractivity contribution is 0.164. The normalized spacial score (nSPS) is 11.5. The molecule has 0 rings (SSSR count). The highest BCUT2D eigenvalue weighted by atomic mass is 16.5. The fraction of sp³-hybridized carbons (Fsp3) is 0.895. The molecule has 2 N–H and O–H groups in total. The molecular formula is C19H39NO. The van der Waals surface area contributed by atoms with E-state index in [1.54, 1.807) is 0 Å². The number of rotatable bonds is 17. The van der Waals surface area contributed by atoms with E-state index in [9.17, 15) is 0 Å². The molecular weight excluding hydrogens is 258 g/mol. The van der Waals surface area contributed by atoms with Crippen LogP contribution in [0.3, 0.4) is 0 Å². The number of hydrogen-bond acceptors (Lipinski definition) is 2. The summed E-state index contributed by atoms with van der Waals surface area (Å²) < 4.78 is 0. The predicted molar refractivity (Wildman–Crippen MR) is 93.9 cm³/mol. The van der Waals surface area contributed by atoms with Crippen LogP contribution in [0.15, 0.2) is 12.2 Å². The molecule has 2 heteroatoms. The van der Waals surface area contributed by atoms with Crippen LogP contribution in [-0.2, 0) is 0 Å². The monoisotopic (exact) mass is 297 g/mol. The second-order valence-corrected chi connectivity index (χ2v) is 6.20. The molecule has 21 heavy (non-hydrogen) atoms. The zero-order valence-corrected chi connectivity index (χ0v) is 14.4. The minimum Gasteiger partial charge on any atom is -0.317 e. The third kappa shape index (κ3) is 19.7. The van der Waals surface area contributed by atoms with E-state index in [0.29, 0.717) is 0 Å². The van der Waals surface area contributed by atoms with E-state index >= 15 is 0 Å². The Kier molecular flexibility index (Phi) is 19.3. The maximum Gasteiger partial charge on any atom is 0.0207 e. The fourth-order valence-corrected chi connectivity index (χ4v) is 2.63. The number of hydroxylamine groups is 1. The average molecular weight is 298 g/mol. The molecule has 0 amide bonds. The second-order valence-electron chi connectivity index (χ2n) is 6.20. The maximum absolute atomic E-state index is 8.44. The summed E-state index contributed by atoms with van der Waals surface area (Å²) in [6.45, 7) is 3.01. The van der Waals surface area contributed by atoms with Crippen LogP contribution in [0, 0.1) is 0 Å². The van der Waals surface area contributed by atoms with Crippen LogP contribution in [0.5, 0.6) is 0 Å². The molecule has 0 atom stereocenters. The molecule has 0 aliphatic heterocycles. The van der Waals surface area contributed by atoms with Crippen molar-refractivity contribution in [3.05, 3.63) is 12.2 Å². The van der Waals surface area contributed by atoms with Gasteiger partial charge in [0.05, 0.1) is 0 Å². The van der Waals surface area contributed by atoms with Crippen molar-refractivity contribution in [1.82, 2.24) is 5.48 Å². The number of nitrogens with one attached hydrogen (secondary N) is 1. The second kappa shape index (κ2) is 19.7. The Labute approximate surface area is 133 Å². The van der Waals surface area contributed by atoms with Gasteiger partial charge in [-0.2, -0.15) is 0 Å². The van der Waals surface area contributed by atoms with Crippen LogP contribution < -0.4 is 5.48 Å². The van der Waals surface area contributed by atoms with Gasteiger partial charge < -0.3 is 5.21 Å². The Morgan fingerprint density at radius 3 is 1.52 bits per heavy atom. The number of unbranched alkanes of at least 4 members (excludes halogenated alkanes) is 13. The summed E-state index contributed by atoms with van der Waals surface area (Å²) in [4.78, 5) is 0. The molecule has 0 aromatic carbocycles. The van der Waals surface area contributed by atoms with Crippen molar-refractivity contribution < 1.29 is 5.21 Å². The van der Waals surface area contributed by atoms with E-state index in [0.717, 1.165) is 13.0 Å². The lowest BCUT2D eigenvalue weighted by Crippen LogP contribution is -2.07. The first-order valence-electron chi connectivity index (χ1n) is 9.43. The van der Waals surface area contributed by atoms with Crippen molar-refractivity contribution in [3.63, 3.8) is 0 Å². The van der Waals surface area contributed by atoms with Crippen molar-refractivity contribution in [3.8, 4) is 0 Å². The molecule has 0 saturated heterocycles. The molecule has 0 aromatic rings. The Bertz CT molecular complexity index is 204. The standard InChI is InChI=1S/C19H39NO/c1-2-3-4-5-6-7-8-9-10-11-12-13-14-15-16-17-18-19-20-21/h9-10,20-21H,2-8,11-19H2,1H3/b10-9-. The molecule has 0 fully saturated rings. The van der Waals surface area contributed by atoms with Gasteiger partial charge in [-0.05, 0) is 32.1 Å². The minimum absolute atomic E-state index is 0.739. The van der Waals surface area contributed by atoms with E-state index in [2.05, 4.69) is 24.6 Å². The summed E-state index contributed by atoms with van der Waals surface area (Å²) in [6, 6.07) is 0. The van der Waals surface area contributed by atoms with Crippen molar-refractivity contribution >= 4 is 0 Å². The Morgan fingerprint density at radius 1 is 0.619 bits per heavy atom. The van der Waals surface area contributed by atoms with E-state index in [-0.39, 0.29) is 0 Å². The number of hydrogen-bond donors (Lipinski definition) is 2. The third-order valence-corrected chi connectivity index (χ3v) is 4.05. The van der Waals surface area contributed by atoms with Gasteiger partial charge in [0.1, 0.15) is 0 Å². The van der Waals surface area contributed by atoms with Crippen LogP contribution in [0.2, 0.25) is 0 Å². The third-order valence-electron chi connectivity index (χ3n) is 4.05. The van der Waals surface area contributed by atoms with Crippen molar-refractivity contribution in [2.24, 2.45) is 0 Å². The summed E-state index contributed by atoms with van der Waals surface area (Å²) in [6.07, 6.45) is 24.8. The smallest absolute Gasteiger partial charge is 0.0207 e. The molecule has 0 aliphatic rings. The van der Waals surface area contributed by atoms with Gasteiger partial charge in [-0.3, -0.25) is 0 Å². The molecule has 126 valence electrons. The molecule has 2 nitrogen and oxygen atoms in total. The summed E-state index contributed by atoms with van der Waals surface area (Å²) in [5.41, 5.74) is 2.21. The van der Waals surface area contributed by atoms with Crippen LogP contribution in [0.4, 0.5) is 0 Å². The highest BCUT2D eigenvalue weighted by molar-refractivity contribution is 4.81. The SMILES string of the molecule is CCCCCCCC/C=C\CCCCCCCCCNO. The lowest BCUT2D eigenvalue weighted by Gasteiger charge is -2.01. The first-order valence-corrected chi connectivity index (χ1v) is 9.43. The molecule has 0 bridgehead atoms. The van der Waals surface area contributed by atoms with Gasteiger partial charge >= 0.3 is 0 Å². The van der Waals surface area contributed by atoms with E-state index in [1.807, 2.05) is 0 Å². The molecule has 0 spiro atoms. The first kappa shape index (κ1) is 20.7. The van der Waals surface area contributed by atoms with Crippen LogP contribution in [0.25, 0.3) is 0 Å². The van der Waals surface area contributed by atoms with E-state index in [1.165, 1.54) is 89.9 Å². The van der Waals surface area contributed by atoms with Crippen LogP contribution in [0.1, 0.15) is 103 Å². The molecule has 0 heterocycles. The first-order chi connectivity index (χ1) is 10.4. The van der Waals surface area contributed by atoms with Gasteiger partial charge in [0.25, 0.3) is 0 Å². The maximum atomic E-state index is 8.44. The number of allylic oxidation sites excluding steroid dienone is 2. The highest BCUT2D eigenvalue weighted by Crippen LogP contribution is 2.10. The van der Waals surface area contributed by atoms with Crippen LogP contribution >= 0.6 is 0 Å². The molecule has 0 radical (unpaired) electrons. The van der Waals surface area contributed by atoms with Gasteiger partial charge in [0.15, 0.2) is 0 Å². The summed E-state index contributed by atoms with van der Waals surface area (Å²) in [5, 5.41) is 8.44. The summed E-state index contributed by atoms with van der Waals surface area (Å²) in [7, 11) is 0. The fourth-order valence-electron chi connectivity index (χ4n) is 2.63. The van der Waals surface area contributed by atoms with Crippen LogP contribution in [-0.4, -0.2) is 11.8 Å². The van der Waals surface area contributed by atoms with Gasteiger partial charge in [0.2, 0.25) is 0 Å². The van der Waals surface area contributed by atoms with Gasteiger partial charge in [0, 0.05) is 6.54 Å². The van der Waals surface area contributed by atoms with Crippen molar-refractivity contribution in [2.75, 3.05) is 6.54 Å². The van der Waals surface area contributed by atoms with Gasteiger partial charge in [-0.25, -0.2) is 5.48 Å². The largest absolute Gasteiger partial charge is 0.317 e. The summed E-state index contributed by atoms with van der Waals surface area (Å²) >= 11 is 0. The van der Waals surface area contributed by atoms with E-state index in [4.69, 9.17) is 5.21 Å². The Hall–Kier alpha value is -0.340. The quantitative estimate of drug-likeness (QED) is 0.185. The Morgan fingerprint density at radius 2 is 1.05 bits per heavy atom. The summed E-state index contributed by atoms with van der Waals surface area (Å²) in [5.74, 6) is 0. The van der Waals surface area contributed by atoms with Gasteiger partial charge in [-0.15, -0.1) is 0 Å². The predicted octanol–water partition coefficient (Wildman–Crippen LogP) is 6.39. The molecule has 0 unspecified atom stereocenters. The van der Waals surface area contributed by atoms with Crippen molar-refractivity contribution in [2.45, 2.75) is 103 Å². The van der Waals surface area contributed by atoms with Gasteiger partial charge in [-0.1, -0.05) is 83.3 Å². The zero-order chi connectivity index (χ0) is 15.4. The molecule has 0 aromatic heterocycles. The van der Waals surface area contributed by atoms with E-state index < -0.39 is 0 Å². The highest BCUT2D eigenvalue weighted by Gasteiger charge is 1.91. The minimum atomic E-state index is 0.739. The zero-order valence-electron chi connectivity index (χ0n) is 14.4. The van der Waals surface area contributed by atoms with Crippen molar-refractivity contribution in [1.29, 1.82) is 0 Å². The topological polar surface area (TPSA) is 32.3 Å². The molecule has 0 saturated carbocycles. The average Bonchev–Trinajstić information content (AvgIpc) is 2.50. The Balaban J connectivity index is 3.02. The lowest BCUT2D eigenvalue weighted by atomic mass is 10.1.